The summed E-state index contributed by atoms with van der Waals surface area (Å²) in [6.07, 6.45) is 3.61. The predicted octanol–water partition coefficient (Wildman–Crippen LogP) is 3.89. The predicted molar refractivity (Wildman–Crippen MR) is 121 cm³/mol. The van der Waals surface area contributed by atoms with Crippen molar-refractivity contribution in [1.82, 2.24) is 14.8 Å². The van der Waals surface area contributed by atoms with Crippen molar-refractivity contribution in [3.63, 3.8) is 0 Å². The first-order valence-electron chi connectivity index (χ1n) is 10.6. The van der Waals surface area contributed by atoms with Crippen molar-refractivity contribution in [2.75, 3.05) is 26.2 Å². The van der Waals surface area contributed by atoms with E-state index in [4.69, 9.17) is 0 Å². The minimum absolute atomic E-state index is 0.0728. The Labute approximate surface area is 183 Å². The zero-order valence-corrected chi connectivity index (χ0v) is 18.0. The van der Waals surface area contributed by atoms with Gasteiger partial charge < -0.3 is 4.90 Å². The first-order chi connectivity index (χ1) is 15.0. The third-order valence-corrected chi connectivity index (χ3v) is 5.99. The molecule has 0 N–H and O–H groups in total. The molecule has 31 heavy (non-hydrogen) atoms. The molecule has 0 spiro atoms. The van der Waals surface area contributed by atoms with Crippen LogP contribution >= 0.6 is 0 Å². The highest BCUT2D eigenvalue weighted by molar-refractivity contribution is 6.15. The number of aryl methyl sites for hydroxylation is 2. The number of pyridine rings is 1. The number of benzene rings is 2. The molecule has 0 bridgehead atoms. The fourth-order valence-electron chi connectivity index (χ4n) is 3.93. The maximum Gasteiger partial charge on any atom is 0.254 e. The van der Waals surface area contributed by atoms with Crippen molar-refractivity contribution in [2.45, 2.75) is 20.4 Å². The molecule has 1 fully saturated rings. The van der Waals surface area contributed by atoms with Crippen molar-refractivity contribution in [3.8, 4) is 0 Å². The normalized spacial score (nSPS) is 14.5. The van der Waals surface area contributed by atoms with Crippen LogP contribution in [0.2, 0.25) is 0 Å². The molecule has 5 nitrogen and oxygen atoms in total. The van der Waals surface area contributed by atoms with E-state index in [9.17, 15) is 9.59 Å². The number of ketones is 1. The Balaban J connectivity index is 1.47. The number of nitrogens with zero attached hydrogens (tertiary/aromatic N) is 3. The molecular formula is C26H27N3O2. The summed E-state index contributed by atoms with van der Waals surface area (Å²) in [5.74, 6) is -0.181. The molecule has 158 valence electrons. The third-order valence-electron chi connectivity index (χ3n) is 5.99. The SMILES string of the molecule is Cc1ccc(C(=O)c2ccccc2C(=O)N2CCN(Cc3ccncc3)CC2)cc1C. The summed E-state index contributed by atoms with van der Waals surface area (Å²) >= 11 is 0. The lowest BCUT2D eigenvalue weighted by Gasteiger charge is -2.35. The first kappa shape index (κ1) is 20.9. The molecule has 0 aliphatic carbocycles. The van der Waals surface area contributed by atoms with E-state index >= 15 is 0 Å². The summed E-state index contributed by atoms with van der Waals surface area (Å²) in [7, 11) is 0. The number of carbonyl (C=O) groups excluding carboxylic acids is 2. The summed E-state index contributed by atoms with van der Waals surface area (Å²) in [4.78, 5) is 34.7. The van der Waals surface area contributed by atoms with Crippen LogP contribution in [-0.2, 0) is 6.54 Å². The summed E-state index contributed by atoms with van der Waals surface area (Å²) in [6, 6.07) is 16.9. The minimum atomic E-state index is -0.108. The zero-order chi connectivity index (χ0) is 21.8. The number of rotatable bonds is 5. The number of amides is 1. The van der Waals surface area contributed by atoms with Gasteiger partial charge in [0.1, 0.15) is 0 Å². The number of hydrogen-bond acceptors (Lipinski definition) is 4. The summed E-state index contributed by atoms with van der Waals surface area (Å²) in [5.41, 5.74) is 5.00. The van der Waals surface area contributed by atoms with Gasteiger partial charge in [-0.15, -0.1) is 0 Å². The van der Waals surface area contributed by atoms with E-state index in [2.05, 4.69) is 9.88 Å². The zero-order valence-electron chi connectivity index (χ0n) is 18.0. The molecule has 1 saturated heterocycles. The lowest BCUT2D eigenvalue weighted by Crippen LogP contribution is -2.48. The Morgan fingerprint density at radius 2 is 1.52 bits per heavy atom. The Morgan fingerprint density at radius 1 is 0.839 bits per heavy atom. The van der Waals surface area contributed by atoms with Gasteiger partial charge in [0.2, 0.25) is 0 Å². The molecule has 5 heteroatoms. The van der Waals surface area contributed by atoms with Gasteiger partial charge in [-0.1, -0.05) is 30.3 Å². The van der Waals surface area contributed by atoms with Gasteiger partial charge in [-0.2, -0.15) is 0 Å². The minimum Gasteiger partial charge on any atom is -0.336 e. The Bertz CT molecular complexity index is 1090. The second-order valence-corrected chi connectivity index (χ2v) is 8.10. The highest BCUT2D eigenvalue weighted by atomic mass is 16.2. The third kappa shape index (κ3) is 4.72. The van der Waals surface area contributed by atoms with E-state index < -0.39 is 0 Å². The van der Waals surface area contributed by atoms with Crippen molar-refractivity contribution >= 4 is 11.7 Å². The molecule has 1 aromatic heterocycles. The van der Waals surface area contributed by atoms with Crippen LogP contribution in [-0.4, -0.2) is 52.7 Å². The maximum absolute atomic E-state index is 13.3. The molecule has 0 atom stereocenters. The van der Waals surface area contributed by atoms with Gasteiger partial charge in [0.25, 0.3) is 5.91 Å². The molecule has 0 unspecified atom stereocenters. The van der Waals surface area contributed by atoms with Gasteiger partial charge in [-0.25, -0.2) is 0 Å². The number of carbonyl (C=O) groups is 2. The van der Waals surface area contributed by atoms with Crippen LogP contribution in [0.1, 0.15) is 43.0 Å². The van der Waals surface area contributed by atoms with Crippen molar-refractivity contribution in [2.24, 2.45) is 0 Å². The van der Waals surface area contributed by atoms with Gasteiger partial charge in [0, 0.05) is 56.2 Å². The van der Waals surface area contributed by atoms with Crippen LogP contribution in [0.3, 0.4) is 0 Å². The molecule has 1 aliphatic heterocycles. The van der Waals surface area contributed by atoms with Crippen LogP contribution < -0.4 is 0 Å². The second-order valence-electron chi connectivity index (χ2n) is 8.10. The molecule has 1 aliphatic rings. The highest BCUT2D eigenvalue weighted by Gasteiger charge is 2.25. The monoisotopic (exact) mass is 413 g/mol. The molecule has 0 radical (unpaired) electrons. The fraction of sp³-hybridized carbons (Fsp3) is 0.269. The number of hydrogen-bond donors (Lipinski definition) is 0. The number of aromatic nitrogens is 1. The van der Waals surface area contributed by atoms with Gasteiger partial charge in [0.05, 0.1) is 5.56 Å². The Kier molecular flexibility index (Phi) is 6.23. The molecule has 4 rings (SSSR count). The van der Waals surface area contributed by atoms with E-state index in [0.717, 1.165) is 30.8 Å². The summed E-state index contributed by atoms with van der Waals surface area (Å²) in [6.45, 7) is 7.78. The van der Waals surface area contributed by atoms with E-state index in [1.165, 1.54) is 5.56 Å². The lowest BCUT2D eigenvalue weighted by molar-refractivity contribution is 0.0625. The fourth-order valence-corrected chi connectivity index (χ4v) is 3.93. The van der Waals surface area contributed by atoms with E-state index in [-0.39, 0.29) is 11.7 Å². The average Bonchev–Trinajstić information content (AvgIpc) is 2.81. The number of piperazine rings is 1. The van der Waals surface area contributed by atoms with Crippen molar-refractivity contribution in [1.29, 1.82) is 0 Å². The largest absolute Gasteiger partial charge is 0.336 e. The second kappa shape index (κ2) is 9.23. The molecule has 3 aromatic rings. The van der Waals surface area contributed by atoms with Gasteiger partial charge >= 0.3 is 0 Å². The average molecular weight is 414 g/mol. The molecular weight excluding hydrogens is 386 g/mol. The van der Waals surface area contributed by atoms with Crippen LogP contribution in [0.5, 0.6) is 0 Å². The molecule has 2 aromatic carbocycles. The van der Waals surface area contributed by atoms with Gasteiger partial charge in [-0.3, -0.25) is 19.5 Å². The van der Waals surface area contributed by atoms with E-state index in [1.54, 1.807) is 24.5 Å². The molecule has 0 saturated carbocycles. The van der Waals surface area contributed by atoms with Gasteiger partial charge in [0.15, 0.2) is 5.78 Å². The lowest BCUT2D eigenvalue weighted by atomic mass is 9.95. The van der Waals surface area contributed by atoms with Crippen LogP contribution in [0, 0.1) is 13.8 Å². The van der Waals surface area contributed by atoms with Crippen molar-refractivity contribution < 1.29 is 9.59 Å². The van der Waals surface area contributed by atoms with Crippen LogP contribution in [0.15, 0.2) is 67.0 Å². The van der Waals surface area contributed by atoms with Crippen molar-refractivity contribution in [3.05, 3.63) is 100 Å². The van der Waals surface area contributed by atoms with Crippen LogP contribution in [0.25, 0.3) is 0 Å². The summed E-state index contributed by atoms with van der Waals surface area (Å²) in [5, 5.41) is 0. The Morgan fingerprint density at radius 3 is 2.19 bits per heavy atom. The van der Waals surface area contributed by atoms with E-state index in [1.807, 2.05) is 61.2 Å². The topological polar surface area (TPSA) is 53.5 Å². The standard InChI is InChI=1S/C26H27N3O2/c1-19-7-8-22(17-20(19)2)25(30)23-5-3-4-6-24(23)26(31)29-15-13-28(14-16-29)18-21-9-11-27-12-10-21/h3-12,17H,13-16,18H2,1-2H3. The smallest absolute Gasteiger partial charge is 0.254 e. The van der Waals surface area contributed by atoms with E-state index in [0.29, 0.717) is 29.8 Å². The maximum atomic E-state index is 13.3. The molecule has 1 amide bonds. The Hall–Kier alpha value is -3.31. The van der Waals surface area contributed by atoms with Gasteiger partial charge in [-0.05, 0) is 54.8 Å². The van der Waals surface area contributed by atoms with Crippen LogP contribution in [0.4, 0.5) is 0 Å². The molecule has 2 heterocycles. The first-order valence-corrected chi connectivity index (χ1v) is 10.6. The quantitative estimate of drug-likeness (QED) is 0.596. The highest BCUT2D eigenvalue weighted by Crippen LogP contribution is 2.20. The summed E-state index contributed by atoms with van der Waals surface area (Å²) < 4.78 is 0.